The first-order valence-corrected chi connectivity index (χ1v) is 18.3. The normalized spacial score (nSPS) is 12.3. The molecule has 6 aromatic rings. The molecule has 272 valence electrons. The molecular weight excluding hydrogens is 683 g/mol. The number of hydrogen-bond donors (Lipinski definition) is 3. The standard InChI is InChI=1S/C47H41N5O3/c1-27-23-28(2)42(29(3)24-27)44-38-18-14-34(49-38)25-33-13-17-36(48-33)43(31-9-7-30(26-53)8-10-31)37-19-21-40(50-37)45(41-22-20-39(44)51-41)52(46(54)55)35-15-11-32(12-16-35)47(4,5)6/h7-26,49-50H,1-6H3,(H,54,55). The highest BCUT2D eigenvalue weighted by Crippen LogP contribution is 2.40. The van der Waals surface area contributed by atoms with Crippen molar-refractivity contribution in [1.82, 2.24) is 19.9 Å². The van der Waals surface area contributed by atoms with E-state index in [1.807, 2.05) is 85.0 Å². The van der Waals surface area contributed by atoms with Gasteiger partial charge in [-0.15, -0.1) is 0 Å². The predicted molar refractivity (Wildman–Crippen MR) is 225 cm³/mol. The molecule has 8 rings (SSSR count). The molecule has 2 aliphatic rings. The summed E-state index contributed by atoms with van der Waals surface area (Å²) in [4.78, 5) is 43.9. The number of aromatic amines is 2. The number of carbonyl (C=O) groups excluding carboxylic acids is 1. The van der Waals surface area contributed by atoms with Crippen molar-refractivity contribution < 1.29 is 14.7 Å². The van der Waals surface area contributed by atoms with Crippen LogP contribution in [0.5, 0.6) is 0 Å². The van der Waals surface area contributed by atoms with Gasteiger partial charge in [-0.1, -0.05) is 74.9 Å². The zero-order chi connectivity index (χ0) is 38.6. The van der Waals surface area contributed by atoms with Gasteiger partial charge >= 0.3 is 6.09 Å². The minimum absolute atomic E-state index is 0.114. The number of H-pyrrole nitrogens is 2. The number of carbonyl (C=O) groups is 2. The monoisotopic (exact) mass is 723 g/mol. The van der Waals surface area contributed by atoms with Gasteiger partial charge in [-0.2, -0.15) is 0 Å². The van der Waals surface area contributed by atoms with Crippen molar-refractivity contribution in [2.45, 2.75) is 47.0 Å². The zero-order valence-electron chi connectivity index (χ0n) is 31.7. The van der Waals surface area contributed by atoms with E-state index in [2.05, 4.69) is 69.7 Å². The summed E-state index contributed by atoms with van der Waals surface area (Å²) in [7, 11) is 0. The predicted octanol–water partition coefficient (Wildman–Crippen LogP) is 11.8. The largest absolute Gasteiger partial charge is 0.464 e. The molecule has 0 spiro atoms. The van der Waals surface area contributed by atoms with Gasteiger partial charge < -0.3 is 15.1 Å². The minimum Gasteiger partial charge on any atom is -0.464 e. The Labute approximate surface area is 319 Å². The van der Waals surface area contributed by atoms with Crippen molar-refractivity contribution in [3.63, 3.8) is 0 Å². The molecule has 0 saturated carbocycles. The van der Waals surface area contributed by atoms with Crippen molar-refractivity contribution in [1.29, 1.82) is 0 Å². The Morgan fingerprint density at radius 3 is 1.96 bits per heavy atom. The van der Waals surface area contributed by atoms with Crippen LogP contribution in [0.2, 0.25) is 0 Å². The van der Waals surface area contributed by atoms with Gasteiger partial charge in [0.05, 0.1) is 34.0 Å². The molecule has 8 heteroatoms. The Hall–Kier alpha value is -6.80. The van der Waals surface area contributed by atoms with Crippen LogP contribution in [0.25, 0.3) is 68.6 Å². The van der Waals surface area contributed by atoms with E-state index in [0.717, 1.165) is 73.2 Å². The van der Waals surface area contributed by atoms with Gasteiger partial charge in [0, 0.05) is 33.2 Å². The van der Waals surface area contributed by atoms with Crippen LogP contribution in [0.1, 0.15) is 76.2 Å². The van der Waals surface area contributed by atoms with Crippen LogP contribution < -0.4 is 4.90 Å². The lowest BCUT2D eigenvalue weighted by molar-refractivity contribution is 0.112. The first-order valence-electron chi connectivity index (χ1n) is 18.3. The van der Waals surface area contributed by atoms with Crippen LogP contribution in [0.3, 0.4) is 0 Å². The molecule has 5 heterocycles. The molecular formula is C47H41N5O3. The van der Waals surface area contributed by atoms with Gasteiger partial charge in [0.2, 0.25) is 0 Å². The number of aldehydes is 1. The third-order valence-corrected chi connectivity index (χ3v) is 10.2. The number of nitrogens with zero attached hydrogens (tertiary/aromatic N) is 3. The van der Waals surface area contributed by atoms with Crippen molar-refractivity contribution in [3.05, 3.63) is 142 Å². The van der Waals surface area contributed by atoms with E-state index in [-0.39, 0.29) is 5.41 Å². The number of fused-ring (bicyclic) bond motifs is 8. The van der Waals surface area contributed by atoms with Crippen LogP contribution in [0.4, 0.5) is 16.2 Å². The first kappa shape index (κ1) is 35.2. The molecule has 3 N–H and O–H groups in total. The molecule has 55 heavy (non-hydrogen) atoms. The summed E-state index contributed by atoms with van der Waals surface area (Å²) >= 11 is 0. The van der Waals surface area contributed by atoms with Gasteiger partial charge in [0.15, 0.2) is 0 Å². The summed E-state index contributed by atoms with van der Waals surface area (Å²) in [5.41, 5.74) is 15.2. The molecule has 0 unspecified atom stereocenters. The quantitative estimate of drug-likeness (QED) is 0.153. The molecule has 8 bridgehead atoms. The lowest BCUT2D eigenvalue weighted by Gasteiger charge is -2.23. The number of amides is 1. The lowest BCUT2D eigenvalue weighted by atomic mass is 9.87. The number of aromatic nitrogens is 4. The Kier molecular flexibility index (Phi) is 8.69. The maximum Gasteiger partial charge on any atom is 0.416 e. The van der Waals surface area contributed by atoms with E-state index in [4.69, 9.17) is 9.97 Å². The number of nitrogens with one attached hydrogen (secondary N) is 2. The highest BCUT2D eigenvalue weighted by Gasteiger charge is 2.26. The highest BCUT2D eigenvalue weighted by atomic mass is 16.4. The maximum atomic E-state index is 13.5. The zero-order valence-corrected chi connectivity index (χ0v) is 31.7. The fourth-order valence-electron chi connectivity index (χ4n) is 7.67. The summed E-state index contributed by atoms with van der Waals surface area (Å²) in [5.74, 6) is 0. The topological polar surface area (TPSA) is 115 Å². The molecule has 1 amide bonds. The molecule has 0 fully saturated rings. The third-order valence-electron chi connectivity index (χ3n) is 10.2. The van der Waals surface area contributed by atoms with Crippen LogP contribution in [-0.2, 0) is 5.41 Å². The number of benzene rings is 3. The number of aryl methyl sites for hydroxylation is 3. The lowest BCUT2D eigenvalue weighted by Crippen LogP contribution is -2.25. The molecule has 3 aromatic heterocycles. The smallest absolute Gasteiger partial charge is 0.416 e. The molecule has 8 nitrogen and oxygen atoms in total. The molecule has 0 saturated heterocycles. The number of hydrogen-bond acceptors (Lipinski definition) is 4. The Morgan fingerprint density at radius 1 is 0.673 bits per heavy atom. The molecule has 2 aliphatic heterocycles. The first-order chi connectivity index (χ1) is 26.4. The van der Waals surface area contributed by atoms with E-state index in [0.29, 0.717) is 33.8 Å². The van der Waals surface area contributed by atoms with E-state index in [9.17, 15) is 14.7 Å². The van der Waals surface area contributed by atoms with Gasteiger partial charge in [-0.3, -0.25) is 4.79 Å². The molecule has 3 aromatic carbocycles. The van der Waals surface area contributed by atoms with Crippen molar-refractivity contribution in [2.75, 3.05) is 4.90 Å². The van der Waals surface area contributed by atoms with Crippen LogP contribution in [-0.4, -0.2) is 37.4 Å². The summed E-state index contributed by atoms with van der Waals surface area (Å²) in [5, 5.41) is 11.0. The summed E-state index contributed by atoms with van der Waals surface area (Å²) in [6.07, 6.45) is 7.48. The summed E-state index contributed by atoms with van der Waals surface area (Å²) in [6.45, 7) is 12.7. The number of anilines is 2. The minimum atomic E-state index is -1.15. The molecule has 0 aliphatic carbocycles. The van der Waals surface area contributed by atoms with E-state index in [1.165, 1.54) is 10.5 Å². The van der Waals surface area contributed by atoms with Gasteiger partial charge in [0.1, 0.15) is 12.0 Å². The number of carboxylic acid groups (broad SMARTS) is 1. The SMILES string of the molecule is Cc1cc(C)c(-c2c3nc(c(N(C(=O)O)c4ccc(C(C)(C)C)cc4)c4ccc([nH]4)c(-c4ccc(C=O)cc4)c4nc(cc5ccc2[nH]5)C=C4)C=C3)c(C)c1. The average Bonchev–Trinajstić information content (AvgIpc) is 3.98. The third kappa shape index (κ3) is 6.56. The average molecular weight is 724 g/mol. The van der Waals surface area contributed by atoms with Gasteiger partial charge in [0.25, 0.3) is 0 Å². The fourth-order valence-corrected chi connectivity index (χ4v) is 7.67. The Balaban J connectivity index is 1.52. The molecule has 0 radical (unpaired) electrons. The summed E-state index contributed by atoms with van der Waals surface area (Å²) < 4.78 is 0. The Bertz CT molecular complexity index is 2740. The van der Waals surface area contributed by atoms with E-state index < -0.39 is 6.09 Å². The van der Waals surface area contributed by atoms with E-state index >= 15 is 0 Å². The van der Waals surface area contributed by atoms with E-state index in [1.54, 1.807) is 12.1 Å². The van der Waals surface area contributed by atoms with Crippen molar-refractivity contribution in [2.24, 2.45) is 0 Å². The highest BCUT2D eigenvalue weighted by molar-refractivity contribution is 6.05. The second-order valence-corrected chi connectivity index (χ2v) is 15.3. The fraction of sp³-hybridized carbons (Fsp3) is 0.149. The maximum absolute atomic E-state index is 13.5. The second kappa shape index (κ2) is 13.6. The van der Waals surface area contributed by atoms with Crippen molar-refractivity contribution >= 4 is 70.1 Å². The van der Waals surface area contributed by atoms with Crippen molar-refractivity contribution in [3.8, 4) is 22.3 Å². The van der Waals surface area contributed by atoms with Gasteiger partial charge in [-0.05, 0) is 121 Å². The second-order valence-electron chi connectivity index (χ2n) is 15.3. The van der Waals surface area contributed by atoms with Crippen LogP contribution in [0, 0.1) is 20.8 Å². The van der Waals surface area contributed by atoms with Crippen LogP contribution in [0.15, 0.2) is 91.0 Å². The summed E-state index contributed by atoms with van der Waals surface area (Å²) in [6, 6.07) is 29.3. The number of rotatable bonds is 5. The molecule has 0 atom stereocenters. The Morgan fingerprint density at radius 2 is 1.29 bits per heavy atom. The van der Waals surface area contributed by atoms with Gasteiger partial charge in [-0.25, -0.2) is 19.7 Å². The van der Waals surface area contributed by atoms with Crippen LogP contribution >= 0.6 is 0 Å².